The second kappa shape index (κ2) is 3.87. The molecule has 0 saturated heterocycles. The third-order valence-corrected chi connectivity index (χ3v) is 3.63. The Morgan fingerprint density at radius 2 is 2.00 bits per heavy atom. The molecular weight excluding hydrogens is 194 g/mol. The molecule has 1 saturated carbocycles. The highest BCUT2D eigenvalue weighted by Gasteiger charge is 2.43. The minimum absolute atomic E-state index is 0.363. The van der Waals surface area contributed by atoms with Crippen molar-refractivity contribution in [3.63, 3.8) is 0 Å². The number of aromatic nitrogens is 1. The van der Waals surface area contributed by atoms with E-state index in [1.807, 2.05) is 6.20 Å². The molecule has 0 bridgehead atoms. The van der Waals surface area contributed by atoms with E-state index in [0.717, 1.165) is 6.42 Å². The fourth-order valence-corrected chi connectivity index (χ4v) is 2.43. The summed E-state index contributed by atoms with van der Waals surface area (Å²) in [5.74, 6) is 0. The van der Waals surface area contributed by atoms with Crippen LogP contribution in [-0.2, 0) is 11.8 Å². The topological polar surface area (TPSA) is 12.9 Å². The van der Waals surface area contributed by atoms with Crippen LogP contribution in [0.3, 0.4) is 0 Å². The van der Waals surface area contributed by atoms with Crippen LogP contribution in [0.1, 0.15) is 58.2 Å². The zero-order valence-corrected chi connectivity index (χ0v) is 11.0. The van der Waals surface area contributed by atoms with Crippen molar-refractivity contribution >= 4 is 0 Å². The zero-order valence-electron chi connectivity index (χ0n) is 11.0. The van der Waals surface area contributed by atoms with E-state index in [1.54, 1.807) is 0 Å². The quantitative estimate of drug-likeness (QED) is 0.742. The predicted octanol–water partition coefficient (Wildman–Crippen LogP) is 4.11. The molecule has 0 radical (unpaired) electrons. The molecule has 1 aliphatic rings. The molecule has 88 valence electrons. The van der Waals surface area contributed by atoms with Gasteiger partial charge in [0.15, 0.2) is 0 Å². The highest BCUT2D eigenvalue weighted by molar-refractivity contribution is 5.28. The van der Waals surface area contributed by atoms with Gasteiger partial charge in [-0.2, -0.15) is 0 Å². The van der Waals surface area contributed by atoms with Crippen molar-refractivity contribution in [1.29, 1.82) is 0 Å². The molecule has 0 amide bonds. The van der Waals surface area contributed by atoms with Gasteiger partial charge in [-0.25, -0.2) is 0 Å². The molecule has 0 spiro atoms. The average molecular weight is 217 g/mol. The fraction of sp³-hybridized carbons (Fsp3) is 0.667. The van der Waals surface area contributed by atoms with Crippen molar-refractivity contribution in [2.24, 2.45) is 5.41 Å². The van der Waals surface area contributed by atoms with E-state index >= 15 is 0 Å². The van der Waals surface area contributed by atoms with Crippen molar-refractivity contribution < 1.29 is 0 Å². The minimum atomic E-state index is 0.363. The molecular formula is C15H23N. The summed E-state index contributed by atoms with van der Waals surface area (Å²) in [5.41, 5.74) is 3.57. The number of nitrogens with zero attached hydrogens (tertiary/aromatic N) is 1. The summed E-state index contributed by atoms with van der Waals surface area (Å²) >= 11 is 0. The summed E-state index contributed by atoms with van der Waals surface area (Å²) in [4.78, 5) is 4.57. The molecule has 0 N–H and O–H groups in total. The Balaban J connectivity index is 2.20. The van der Waals surface area contributed by atoms with Gasteiger partial charge in [0.1, 0.15) is 0 Å². The number of hydrogen-bond acceptors (Lipinski definition) is 1. The van der Waals surface area contributed by atoms with Crippen LogP contribution in [0.4, 0.5) is 0 Å². The Labute approximate surface area is 99.3 Å². The zero-order chi connectivity index (χ0) is 11.8. The normalized spacial score (nSPS) is 18.5. The highest BCUT2D eigenvalue weighted by atomic mass is 14.7. The van der Waals surface area contributed by atoms with Gasteiger partial charge in [-0.1, -0.05) is 27.7 Å². The maximum atomic E-state index is 4.57. The van der Waals surface area contributed by atoms with Crippen LogP contribution in [0.5, 0.6) is 0 Å². The Hall–Kier alpha value is -0.850. The smallest absolute Gasteiger partial charge is 0.0467 e. The van der Waals surface area contributed by atoms with E-state index in [2.05, 4.69) is 44.8 Å². The molecule has 1 heterocycles. The van der Waals surface area contributed by atoms with Crippen molar-refractivity contribution in [3.05, 3.63) is 29.6 Å². The molecule has 0 aromatic carbocycles. The SMILES string of the molecule is CCC1(c2cc(CC(C)(C)C)ccn2)CC1. The van der Waals surface area contributed by atoms with Gasteiger partial charge >= 0.3 is 0 Å². The van der Waals surface area contributed by atoms with Crippen molar-refractivity contribution in [1.82, 2.24) is 4.98 Å². The number of rotatable bonds is 3. The van der Waals surface area contributed by atoms with E-state index in [9.17, 15) is 0 Å². The first-order valence-electron chi connectivity index (χ1n) is 6.41. The predicted molar refractivity (Wildman–Crippen MR) is 68.6 cm³/mol. The Kier molecular flexibility index (Phi) is 2.81. The lowest BCUT2D eigenvalue weighted by atomic mass is 9.87. The molecule has 1 fully saturated rings. The lowest BCUT2D eigenvalue weighted by Crippen LogP contribution is -2.12. The van der Waals surface area contributed by atoms with Crippen LogP contribution in [0.25, 0.3) is 0 Å². The molecule has 0 atom stereocenters. The first-order chi connectivity index (χ1) is 7.45. The molecule has 16 heavy (non-hydrogen) atoms. The number of pyridine rings is 1. The van der Waals surface area contributed by atoms with Gasteiger partial charge in [-0.05, 0) is 48.8 Å². The van der Waals surface area contributed by atoms with Gasteiger partial charge in [0.05, 0.1) is 0 Å². The van der Waals surface area contributed by atoms with Crippen LogP contribution in [-0.4, -0.2) is 4.98 Å². The summed E-state index contributed by atoms with van der Waals surface area (Å²) in [6, 6.07) is 4.50. The maximum absolute atomic E-state index is 4.57. The molecule has 1 aromatic rings. The largest absolute Gasteiger partial charge is 0.261 e. The van der Waals surface area contributed by atoms with Gasteiger partial charge in [-0.3, -0.25) is 4.98 Å². The molecule has 0 unspecified atom stereocenters. The molecule has 2 rings (SSSR count). The Morgan fingerprint density at radius 3 is 2.50 bits per heavy atom. The van der Waals surface area contributed by atoms with Crippen LogP contribution >= 0.6 is 0 Å². The second-order valence-corrected chi connectivity index (χ2v) is 6.42. The van der Waals surface area contributed by atoms with Crippen molar-refractivity contribution in [2.45, 2.75) is 58.8 Å². The van der Waals surface area contributed by atoms with Gasteiger partial charge in [0.25, 0.3) is 0 Å². The summed E-state index contributed by atoms with van der Waals surface area (Å²) in [5, 5.41) is 0. The second-order valence-electron chi connectivity index (χ2n) is 6.42. The number of hydrogen-bond donors (Lipinski definition) is 0. The molecule has 1 aliphatic carbocycles. The van der Waals surface area contributed by atoms with E-state index in [1.165, 1.54) is 30.5 Å². The first kappa shape index (κ1) is 11.6. The highest BCUT2D eigenvalue weighted by Crippen LogP contribution is 2.50. The monoisotopic (exact) mass is 217 g/mol. The lowest BCUT2D eigenvalue weighted by Gasteiger charge is -2.19. The molecule has 1 heteroatoms. The van der Waals surface area contributed by atoms with Crippen LogP contribution in [0.15, 0.2) is 18.3 Å². The maximum Gasteiger partial charge on any atom is 0.0467 e. The van der Waals surface area contributed by atoms with Gasteiger partial charge in [-0.15, -0.1) is 0 Å². The third kappa shape index (κ3) is 2.45. The molecule has 0 aliphatic heterocycles. The van der Waals surface area contributed by atoms with Crippen molar-refractivity contribution in [2.75, 3.05) is 0 Å². The Morgan fingerprint density at radius 1 is 1.31 bits per heavy atom. The van der Waals surface area contributed by atoms with E-state index < -0.39 is 0 Å². The third-order valence-electron chi connectivity index (χ3n) is 3.63. The standard InChI is InChI=1S/C15H23N/c1-5-15(7-8-15)13-10-12(6-9-16-13)11-14(2,3)4/h6,9-10H,5,7-8,11H2,1-4H3. The van der Waals surface area contributed by atoms with E-state index in [4.69, 9.17) is 0 Å². The Bertz CT molecular complexity index is 369. The van der Waals surface area contributed by atoms with Crippen LogP contribution in [0.2, 0.25) is 0 Å². The summed E-state index contributed by atoms with van der Waals surface area (Å²) in [6.45, 7) is 9.16. The van der Waals surface area contributed by atoms with E-state index in [0.29, 0.717) is 10.8 Å². The summed E-state index contributed by atoms with van der Waals surface area (Å²) in [6.07, 6.45) is 7.03. The summed E-state index contributed by atoms with van der Waals surface area (Å²) < 4.78 is 0. The average Bonchev–Trinajstić information content (AvgIpc) is 2.96. The van der Waals surface area contributed by atoms with Gasteiger partial charge < -0.3 is 0 Å². The summed E-state index contributed by atoms with van der Waals surface area (Å²) in [7, 11) is 0. The fourth-order valence-electron chi connectivity index (χ4n) is 2.43. The van der Waals surface area contributed by atoms with E-state index in [-0.39, 0.29) is 0 Å². The van der Waals surface area contributed by atoms with Gasteiger partial charge in [0.2, 0.25) is 0 Å². The molecule has 1 aromatic heterocycles. The molecule has 1 nitrogen and oxygen atoms in total. The van der Waals surface area contributed by atoms with Crippen LogP contribution < -0.4 is 0 Å². The minimum Gasteiger partial charge on any atom is -0.261 e. The first-order valence-corrected chi connectivity index (χ1v) is 6.41. The van der Waals surface area contributed by atoms with Gasteiger partial charge in [0, 0.05) is 17.3 Å². The van der Waals surface area contributed by atoms with Crippen LogP contribution in [0, 0.1) is 5.41 Å². The van der Waals surface area contributed by atoms with Crippen molar-refractivity contribution in [3.8, 4) is 0 Å². The lowest BCUT2D eigenvalue weighted by molar-refractivity contribution is 0.410.